The standard InChI is InChI=1S/C25H22Cl3FN2O/c26-18-4-9-21(10-5-18)31-15-16(14-30-25(32)17-2-7-20(29)8-3-17)1-12-24(31)22-11-6-19(27)13-23(22)28/h2-11,13,16,24H,1,12,14-15H2,(H,30,32). The first-order valence-electron chi connectivity index (χ1n) is 10.4. The van der Waals surface area contributed by atoms with E-state index in [2.05, 4.69) is 10.2 Å². The Balaban J connectivity index is 1.51. The summed E-state index contributed by atoms with van der Waals surface area (Å²) in [5.41, 5.74) is 2.52. The zero-order valence-electron chi connectivity index (χ0n) is 17.2. The van der Waals surface area contributed by atoms with Gasteiger partial charge in [-0.3, -0.25) is 4.79 Å². The van der Waals surface area contributed by atoms with Crippen LogP contribution >= 0.6 is 34.8 Å². The Morgan fingerprint density at radius 1 is 0.938 bits per heavy atom. The van der Waals surface area contributed by atoms with E-state index in [1.54, 1.807) is 6.07 Å². The highest BCUT2D eigenvalue weighted by Gasteiger charge is 2.31. The number of amides is 1. The maximum atomic E-state index is 13.1. The fraction of sp³-hybridized carbons (Fsp3) is 0.240. The van der Waals surface area contributed by atoms with E-state index in [1.807, 2.05) is 36.4 Å². The third kappa shape index (κ3) is 5.37. The molecule has 0 radical (unpaired) electrons. The molecule has 3 aromatic carbocycles. The van der Waals surface area contributed by atoms with Gasteiger partial charge in [0.05, 0.1) is 6.04 Å². The van der Waals surface area contributed by atoms with Crippen LogP contribution in [-0.4, -0.2) is 19.0 Å². The number of hydrogen-bond acceptors (Lipinski definition) is 2. The molecule has 1 heterocycles. The second kappa shape index (κ2) is 10.1. The molecule has 1 saturated heterocycles. The molecular weight excluding hydrogens is 470 g/mol. The number of rotatable bonds is 5. The van der Waals surface area contributed by atoms with Crippen LogP contribution in [0, 0.1) is 11.7 Å². The van der Waals surface area contributed by atoms with E-state index in [-0.39, 0.29) is 23.7 Å². The molecule has 0 saturated carbocycles. The Labute approximate surface area is 202 Å². The van der Waals surface area contributed by atoms with Crippen LogP contribution in [0.5, 0.6) is 0 Å². The summed E-state index contributed by atoms with van der Waals surface area (Å²) in [6, 6.07) is 19.0. The van der Waals surface area contributed by atoms with Gasteiger partial charge in [0.25, 0.3) is 5.91 Å². The van der Waals surface area contributed by atoms with Gasteiger partial charge in [-0.1, -0.05) is 40.9 Å². The lowest BCUT2D eigenvalue weighted by molar-refractivity contribution is 0.0945. The van der Waals surface area contributed by atoms with Crippen LogP contribution in [0.15, 0.2) is 66.7 Å². The minimum Gasteiger partial charge on any atom is -0.364 e. The molecule has 3 nitrogen and oxygen atoms in total. The first-order chi connectivity index (χ1) is 15.4. The molecule has 1 amide bonds. The quantitative estimate of drug-likeness (QED) is 0.410. The average molecular weight is 492 g/mol. The van der Waals surface area contributed by atoms with Gasteiger partial charge in [-0.15, -0.1) is 0 Å². The Kier molecular flexibility index (Phi) is 7.24. The summed E-state index contributed by atoms with van der Waals surface area (Å²) >= 11 is 18.8. The fourth-order valence-electron chi connectivity index (χ4n) is 4.17. The first kappa shape index (κ1) is 22.9. The zero-order chi connectivity index (χ0) is 22.7. The summed E-state index contributed by atoms with van der Waals surface area (Å²) in [5, 5.41) is 4.91. The van der Waals surface area contributed by atoms with E-state index in [9.17, 15) is 9.18 Å². The van der Waals surface area contributed by atoms with Crippen LogP contribution in [0.1, 0.15) is 34.8 Å². The SMILES string of the molecule is O=C(NCC1CCC(c2ccc(Cl)cc2Cl)N(c2ccc(Cl)cc2)C1)c1ccc(F)cc1. The monoisotopic (exact) mass is 490 g/mol. The number of carbonyl (C=O) groups is 1. The summed E-state index contributed by atoms with van der Waals surface area (Å²) in [6.07, 6.45) is 1.80. The van der Waals surface area contributed by atoms with Crippen LogP contribution in [0.25, 0.3) is 0 Å². The van der Waals surface area contributed by atoms with Crippen molar-refractivity contribution in [2.45, 2.75) is 18.9 Å². The van der Waals surface area contributed by atoms with Gasteiger partial charge >= 0.3 is 0 Å². The molecule has 0 aliphatic carbocycles. The van der Waals surface area contributed by atoms with Crippen LogP contribution in [0.2, 0.25) is 15.1 Å². The predicted molar refractivity (Wildman–Crippen MR) is 129 cm³/mol. The van der Waals surface area contributed by atoms with Gasteiger partial charge in [0, 0.05) is 39.4 Å². The van der Waals surface area contributed by atoms with E-state index >= 15 is 0 Å². The minimum absolute atomic E-state index is 0.0880. The van der Waals surface area contributed by atoms with Gasteiger partial charge in [-0.05, 0) is 85.0 Å². The summed E-state index contributed by atoms with van der Waals surface area (Å²) in [5.74, 6) is -0.317. The van der Waals surface area contributed by atoms with Gasteiger partial charge < -0.3 is 10.2 Å². The van der Waals surface area contributed by atoms with Crippen molar-refractivity contribution in [1.82, 2.24) is 5.32 Å². The Morgan fingerprint density at radius 2 is 1.62 bits per heavy atom. The molecule has 3 aromatic rings. The van der Waals surface area contributed by atoms with Gasteiger partial charge in [0.2, 0.25) is 0 Å². The average Bonchev–Trinajstić information content (AvgIpc) is 2.79. The highest BCUT2D eigenvalue weighted by atomic mass is 35.5. The summed E-state index contributed by atoms with van der Waals surface area (Å²) in [6.45, 7) is 1.27. The second-order valence-electron chi connectivity index (χ2n) is 7.97. The largest absolute Gasteiger partial charge is 0.364 e. The lowest BCUT2D eigenvalue weighted by atomic mass is 9.88. The van der Waals surface area contributed by atoms with Crippen molar-refractivity contribution < 1.29 is 9.18 Å². The molecular formula is C25H22Cl3FN2O. The number of nitrogens with zero attached hydrogens (tertiary/aromatic N) is 1. The number of hydrogen-bond donors (Lipinski definition) is 1. The minimum atomic E-state index is -0.362. The highest BCUT2D eigenvalue weighted by molar-refractivity contribution is 6.35. The van der Waals surface area contributed by atoms with Crippen LogP contribution in [-0.2, 0) is 0 Å². The molecule has 4 rings (SSSR count). The van der Waals surface area contributed by atoms with Crippen molar-refractivity contribution in [3.8, 4) is 0 Å². The van der Waals surface area contributed by atoms with Crippen molar-refractivity contribution in [2.24, 2.45) is 5.92 Å². The molecule has 32 heavy (non-hydrogen) atoms. The number of carbonyl (C=O) groups excluding carboxylic acids is 1. The maximum Gasteiger partial charge on any atom is 0.251 e. The van der Waals surface area contributed by atoms with E-state index in [0.29, 0.717) is 27.2 Å². The fourth-order valence-corrected chi connectivity index (χ4v) is 4.83. The first-order valence-corrected chi connectivity index (χ1v) is 11.5. The molecule has 1 aliphatic rings. The van der Waals surface area contributed by atoms with Gasteiger partial charge in [-0.2, -0.15) is 0 Å². The van der Waals surface area contributed by atoms with Crippen molar-refractivity contribution in [3.63, 3.8) is 0 Å². The van der Waals surface area contributed by atoms with Crippen molar-refractivity contribution >= 4 is 46.4 Å². The summed E-state index contributed by atoms with van der Waals surface area (Å²) < 4.78 is 13.1. The Hall–Kier alpha value is -2.27. The maximum absolute atomic E-state index is 13.1. The molecule has 7 heteroatoms. The van der Waals surface area contributed by atoms with E-state index in [4.69, 9.17) is 34.8 Å². The third-order valence-corrected chi connectivity index (χ3v) is 6.63. The van der Waals surface area contributed by atoms with Crippen LogP contribution in [0.3, 0.4) is 0 Å². The number of piperidine rings is 1. The lowest BCUT2D eigenvalue weighted by Gasteiger charge is -2.42. The highest BCUT2D eigenvalue weighted by Crippen LogP contribution is 2.40. The Bertz CT molecular complexity index is 1090. The van der Waals surface area contributed by atoms with E-state index in [1.165, 1.54) is 24.3 Å². The van der Waals surface area contributed by atoms with Crippen molar-refractivity contribution in [1.29, 1.82) is 0 Å². The van der Waals surface area contributed by atoms with E-state index in [0.717, 1.165) is 30.6 Å². The number of halogens is 4. The predicted octanol–water partition coefficient (Wildman–Crippen LogP) is 7.17. The number of anilines is 1. The number of nitrogens with one attached hydrogen (secondary N) is 1. The molecule has 1 fully saturated rings. The smallest absolute Gasteiger partial charge is 0.251 e. The third-order valence-electron chi connectivity index (χ3n) is 5.82. The van der Waals surface area contributed by atoms with Crippen LogP contribution < -0.4 is 10.2 Å². The second-order valence-corrected chi connectivity index (χ2v) is 9.25. The molecule has 1 N–H and O–H groups in total. The molecule has 166 valence electrons. The molecule has 0 aromatic heterocycles. The molecule has 2 unspecified atom stereocenters. The van der Waals surface area contributed by atoms with Crippen molar-refractivity contribution in [2.75, 3.05) is 18.0 Å². The summed E-state index contributed by atoms with van der Waals surface area (Å²) in [7, 11) is 0. The number of benzene rings is 3. The molecule has 2 atom stereocenters. The van der Waals surface area contributed by atoms with Crippen LogP contribution in [0.4, 0.5) is 10.1 Å². The van der Waals surface area contributed by atoms with Crippen molar-refractivity contribution in [3.05, 3.63) is 98.7 Å². The van der Waals surface area contributed by atoms with Gasteiger partial charge in [0.1, 0.15) is 5.82 Å². The summed E-state index contributed by atoms with van der Waals surface area (Å²) in [4.78, 5) is 14.8. The topological polar surface area (TPSA) is 32.3 Å². The molecule has 1 aliphatic heterocycles. The molecule has 0 bridgehead atoms. The normalized spacial score (nSPS) is 18.4. The molecule has 0 spiro atoms. The zero-order valence-corrected chi connectivity index (χ0v) is 19.5. The van der Waals surface area contributed by atoms with Gasteiger partial charge in [-0.25, -0.2) is 4.39 Å². The van der Waals surface area contributed by atoms with Gasteiger partial charge in [0.15, 0.2) is 0 Å². The Morgan fingerprint density at radius 3 is 2.31 bits per heavy atom. The van der Waals surface area contributed by atoms with E-state index < -0.39 is 0 Å². The lowest BCUT2D eigenvalue weighted by Crippen LogP contribution is -2.42.